The summed E-state index contributed by atoms with van der Waals surface area (Å²) < 4.78 is 0. The van der Waals surface area contributed by atoms with Crippen LogP contribution in [0.15, 0.2) is 0 Å². The van der Waals surface area contributed by atoms with Crippen molar-refractivity contribution in [1.82, 2.24) is 10.2 Å². The Kier molecular flexibility index (Phi) is 3.43. The smallest absolute Gasteiger partial charge is 0.240 e. The monoisotopic (exact) mass is 225 g/mol. The van der Waals surface area contributed by atoms with Crippen LogP contribution in [0.3, 0.4) is 0 Å². The van der Waals surface area contributed by atoms with Crippen LogP contribution in [0.4, 0.5) is 0 Å². The van der Waals surface area contributed by atoms with Gasteiger partial charge in [-0.2, -0.15) is 0 Å². The van der Waals surface area contributed by atoms with Crippen LogP contribution in [0.25, 0.3) is 0 Å². The molecule has 0 radical (unpaired) electrons. The molecule has 0 aromatic carbocycles. The topological polar surface area (TPSA) is 75.4 Å². The number of primary amides is 1. The first-order chi connectivity index (χ1) is 7.70. The van der Waals surface area contributed by atoms with Crippen LogP contribution in [-0.4, -0.2) is 41.9 Å². The maximum absolute atomic E-state index is 12.2. The van der Waals surface area contributed by atoms with Gasteiger partial charge in [0.05, 0.1) is 6.04 Å². The highest BCUT2D eigenvalue weighted by molar-refractivity contribution is 5.89. The molecule has 5 nitrogen and oxygen atoms in total. The fraction of sp³-hybridized carbons (Fsp3) is 0.818. The predicted octanol–water partition coefficient (Wildman–Crippen LogP) is -0.395. The van der Waals surface area contributed by atoms with Gasteiger partial charge in [0.2, 0.25) is 11.8 Å². The van der Waals surface area contributed by atoms with Gasteiger partial charge >= 0.3 is 0 Å². The zero-order valence-electron chi connectivity index (χ0n) is 9.45. The van der Waals surface area contributed by atoms with Crippen molar-refractivity contribution in [3.8, 4) is 0 Å². The van der Waals surface area contributed by atoms with Gasteiger partial charge in [-0.25, -0.2) is 0 Å². The van der Waals surface area contributed by atoms with Gasteiger partial charge in [-0.05, 0) is 32.2 Å². The Morgan fingerprint density at radius 1 is 1.19 bits per heavy atom. The summed E-state index contributed by atoms with van der Waals surface area (Å²) in [6.07, 6.45) is 4.68. The Bertz CT molecular complexity index is 287. The molecule has 2 rings (SSSR count). The fourth-order valence-corrected chi connectivity index (χ4v) is 2.59. The maximum Gasteiger partial charge on any atom is 0.240 e. The van der Waals surface area contributed by atoms with Crippen LogP contribution in [0.5, 0.6) is 0 Å². The minimum absolute atomic E-state index is 0.0565. The van der Waals surface area contributed by atoms with Crippen molar-refractivity contribution in [3.63, 3.8) is 0 Å². The Hall–Kier alpha value is -1.10. The summed E-state index contributed by atoms with van der Waals surface area (Å²) in [5.74, 6) is -0.317. The lowest BCUT2D eigenvalue weighted by Crippen LogP contribution is -2.52. The Labute approximate surface area is 95.3 Å². The van der Waals surface area contributed by atoms with Gasteiger partial charge in [0, 0.05) is 6.54 Å². The van der Waals surface area contributed by atoms with Gasteiger partial charge in [-0.3, -0.25) is 9.59 Å². The lowest BCUT2D eigenvalue weighted by molar-refractivity contribution is -0.139. The summed E-state index contributed by atoms with van der Waals surface area (Å²) in [7, 11) is 0. The van der Waals surface area contributed by atoms with Crippen molar-refractivity contribution in [2.75, 3.05) is 13.1 Å². The summed E-state index contributed by atoms with van der Waals surface area (Å²) in [6.45, 7) is 1.57. The first-order valence-corrected chi connectivity index (χ1v) is 6.03. The first kappa shape index (κ1) is 11.4. The molecule has 5 heteroatoms. The number of piperidine rings is 1. The average Bonchev–Trinajstić information content (AvgIpc) is 2.78. The first-order valence-electron chi connectivity index (χ1n) is 6.03. The number of amides is 2. The second-order valence-corrected chi connectivity index (χ2v) is 4.59. The zero-order valence-corrected chi connectivity index (χ0v) is 9.45. The quantitative estimate of drug-likeness (QED) is 0.671. The number of rotatable bonds is 2. The number of carbonyl (C=O) groups excluding carboxylic acids is 2. The summed E-state index contributed by atoms with van der Waals surface area (Å²) in [6, 6.07) is -0.482. The molecule has 90 valence electrons. The van der Waals surface area contributed by atoms with Crippen molar-refractivity contribution < 1.29 is 9.59 Å². The van der Waals surface area contributed by atoms with E-state index in [0.717, 1.165) is 32.2 Å². The largest absolute Gasteiger partial charge is 0.368 e. The molecule has 0 saturated carbocycles. The minimum atomic E-state index is -0.378. The molecule has 0 aromatic rings. The van der Waals surface area contributed by atoms with Crippen LogP contribution in [-0.2, 0) is 9.59 Å². The van der Waals surface area contributed by atoms with E-state index >= 15 is 0 Å². The van der Waals surface area contributed by atoms with Crippen molar-refractivity contribution >= 4 is 11.8 Å². The molecular formula is C11H19N3O2. The highest BCUT2D eigenvalue weighted by Gasteiger charge is 2.36. The minimum Gasteiger partial charge on any atom is -0.368 e. The molecule has 2 aliphatic rings. The van der Waals surface area contributed by atoms with Gasteiger partial charge in [0.15, 0.2) is 0 Å². The van der Waals surface area contributed by atoms with Crippen molar-refractivity contribution in [2.24, 2.45) is 5.73 Å². The van der Waals surface area contributed by atoms with E-state index in [4.69, 9.17) is 5.73 Å². The van der Waals surface area contributed by atoms with Gasteiger partial charge in [0.1, 0.15) is 6.04 Å². The number of nitrogens with two attached hydrogens (primary N) is 1. The molecule has 2 amide bonds. The Morgan fingerprint density at radius 2 is 2.00 bits per heavy atom. The third kappa shape index (κ3) is 2.19. The normalized spacial score (nSPS) is 30.4. The molecule has 0 aromatic heterocycles. The van der Waals surface area contributed by atoms with Crippen LogP contribution >= 0.6 is 0 Å². The highest BCUT2D eigenvalue weighted by atomic mass is 16.2. The standard InChI is InChI=1S/C11H19N3O2/c12-10(15)9-5-3-7-14(9)11(16)8-4-1-2-6-13-8/h8-9,13H,1-7H2,(H2,12,15)/t8-,9+/m1/s1. The molecule has 16 heavy (non-hydrogen) atoms. The number of likely N-dealkylation sites (tertiary alicyclic amines) is 1. The van der Waals surface area contributed by atoms with Gasteiger partial charge in [-0.1, -0.05) is 6.42 Å². The molecule has 2 saturated heterocycles. The van der Waals surface area contributed by atoms with Crippen molar-refractivity contribution in [1.29, 1.82) is 0 Å². The summed E-state index contributed by atoms with van der Waals surface area (Å²) >= 11 is 0. The van der Waals surface area contributed by atoms with Crippen LogP contribution in [0.2, 0.25) is 0 Å². The number of nitrogens with one attached hydrogen (secondary N) is 1. The van der Waals surface area contributed by atoms with Gasteiger partial charge in [-0.15, -0.1) is 0 Å². The maximum atomic E-state index is 12.2. The van der Waals surface area contributed by atoms with E-state index < -0.39 is 0 Å². The highest BCUT2D eigenvalue weighted by Crippen LogP contribution is 2.20. The predicted molar refractivity (Wildman–Crippen MR) is 59.6 cm³/mol. The SMILES string of the molecule is NC(=O)[C@@H]1CCCN1C(=O)[C@H]1CCCCN1. The zero-order chi connectivity index (χ0) is 11.5. The summed E-state index contributed by atoms with van der Waals surface area (Å²) in [4.78, 5) is 25.0. The molecule has 0 spiro atoms. The molecule has 0 aliphatic carbocycles. The molecule has 2 heterocycles. The van der Waals surface area contributed by atoms with E-state index in [9.17, 15) is 9.59 Å². The van der Waals surface area contributed by atoms with E-state index in [1.54, 1.807) is 4.90 Å². The van der Waals surface area contributed by atoms with Crippen molar-refractivity contribution in [2.45, 2.75) is 44.2 Å². The van der Waals surface area contributed by atoms with E-state index in [1.807, 2.05) is 0 Å². The molecule has 2 aliphatic heterocycles. The average molecular weight is 225 g/mol. The van der Waals surface area contributed by atoms with E-state index in [1.165, 1.54) is 0 Å². The van der Waals surface area contributed by atoms with E-state index in [2.05, 4.69) is 5.32 Å². The van der Waals surface area contributed by atoms with Crippen molar-refractivity contribution in [3.05, 3.63) is 0 Å². The van der Waals surface area contributed by atoms with Crippen LogP contribution < -0.4 is 11.1 Å². The summed E-state index contributed by atoms with van der Waals surface area (Å²) in [5.41, 5.74) is 5.30. The summed E-state index contributed by atoms with van der Waals surface area (Å²) in [5, 5.41) is 3.21. The van der Waals surface area contributed by atoms with Gasteiger partial charge in [0.25, 0.3) is 0 Å². The number of carbonyl (C=O) groups is 2. The Balaban J connectivity index is 1.99. The number of hydrogen-bond donors (Lipinski definition) is 2. The van der Waals surface area contributed by atoms with E-state index in [-0.39, 0.29) is 23.9 Å². The molecule has 0 unspecified atom stereocenters. The Morgan fingerprint density at radius 3 is 2.62 bits per heavy atom. The second-order valence-electron chi connectivity index (χ2n) is 4.59. The molecule has 2 atom stereocenters. The number of hydrogen-bond acceptors (Lipinski definition) is 3. The van der Waals surface area contributed by atoms with Crippen LogP contribution in [0, 0.1) is 0 Å². The molecule has 0 bridgehead atoms. The van der Waals surface area contributed by atoms with Crippen LogP contribution in [0.1, 0.15) is 32.1 Å². The molecule has 3 N–H and O–H groups in total. The fourth-order valence-electron chi connectivity index (χ4n) is 2.59. The third-order valence-electron chi connectivity index (χ3n) is 3.47. The second kappa shape index (κ2) is 4.82. The number of nitrogens with zero attached hydrogens (tertiary/aromatic N) is 1. The van der Waals surface area contributed by atoms with E-state index in [0.29, 0.717) is 13.0 Å². The lowest BCUT2D eigenvalue weighted by atomic mass is 10.0. The molecule has 2 fully saturated rings. The lowest BCUT2D eigenvalue weighted by Gasteiger charge is -2.29. The third-order valence-corrected chi connectivity index (χ3v) is 3.47. The molecular weight excluding hydrogens is 206 g/mol. The van der Waals surface area contributed by atoms with Gasteiger partial charge < -0.3 is 16.0 Å².